The van der Waals surface area contributed by atoms with E-state index in [1.54, 1.807) is 25.7 Å². The van der Waals surface area contributed by atoms with E-state index in [0.717, 1.165) is 0 Å². The molecule has 6 aliphatic heterocycles. The van der Waals surface area contributed by atoms with Crippen molar-refractivity contribution < 1.29 is 0 Å². The first-order chi connectivity index (χ1) is 26.8. The summed E-state index contributed by atoms with van der Waals surface area (Å²) in [5.41, 5.74) is 0. The van der Waals surface area contributed by atoms with Crippen LogP contribution in [0.5, 0.6) is 0 Å². The van der Waals surface area contributed by atoms with Gasteiger partial charge in [-0.2, -0.15) is 0 Å². The first kappa shape index (κ1) is 41.1. The zero-order valence-electron chi connectivity index (χ0n) is 39.1. The molecule has 6 aliphatic rings. The van der Waals surface area contributed by atoms with Gasteiger partial charge in [-0.3, -0.25) is 0 Å². The predicted octanol–water partition coefficient (Wildman–Crippen LogP) is 8.10. The zero-order valence-corrected chi connectivity index (χ0v) is 49.1. The van der Waals surface area contributed by atoms with E-state index in [-0.39, 0.29) is 0 Å². The minimum Gasteiger partial charge on any atom is -0.0654 e. The molecule has 10 heteroatoms. The second kappa shape index (κ2) is 11.6. The highest BCUT2D eigenvalue weighted by atomic mass is 29.2. The Morgan fingerprint density at radius 3 is 0.500 bits per heavy atom. The van der Waals surface area contributed by atoms with Crippen LogP contribution in [0.4, 0.5) is 0 Å². The lowest BCUT2D eigenvalue weighted by Gasteiger charge is -2.67. The highest BCUT2D eigenvalue weighted by Crippen LogP contribution is 2.81. The summed E-state index contributed by atoms with van der Waals surface area (Å²) < 4.78 is 2.27. The molecule has 0 saturated carbocycles. The molecule has 0 N–H and O–H groups in total. The molecule has 2 radical (unpaired) electrons. The highest BCUT2D eigenvalue weighted by molar-refractivity contribution is 7.56. The summed E-state index contributed by atoms with van der Waals surface area (Å²) in [5, 5.41) is 15.4. The molecular weight excluding hydrogens is 857 g/mol. The van der Waals surface area contributed by atoms with Crippen LogP contribution in [-0.2, 0) is 0 Å². The van der Waals surface area contributed by atoms with Crippen molar-refractivity contribution >= 4 is 123 Å². The molecule has 0 unspecified atom stereocenters. The molecule has 6 heterocycles. The molecule has 0 bridgehead atoms. The van der Waals surface area contributed by atoms with Gasteiger partial charge in [0.05, 0.1) is 64.6 Å². The molecule has 0 aromatic heterocycles. The van der Waals surface area contributed by atoms with Crippen LogP contribution in [0.15, 0.2) is 97.1 Å². The Morgan fingerprint density at radius 1 is 0.259 bits per heavy atom. The Labute approximate surface area is 364 Å². The lowest BCUT2D eigenvalue weighted by molar-refractivity contribution is 0.776. The minimum atomic E-state index is -2.01. The zero-order chi connectivity index (χ0) is 41.9. The molecule has 0 atom stereocenters. The molecule has 4 aromatic carbocycles. The molecule has 0 aliphatic carbocycles. The summed E-state index contributed by atoms with van der Waals surface area (Å²) in [6, 6.07) is 41.6. The Bertz CT molecular complexity index is 1960. The van der Waals surface area contributed by atoms with Gasteiger partial charge in [0.1, 0.15) is 0 Å². The second-order valence-corrected chi connectivity index (χ2v) is 75.6. The summed E-state index contributed by atoms with van der Waals surface area (Å²) in [6.07, 6.45) is 6.29. The fourth-order valence-electron chi connectivity index (χ4n) is 19.1. The van der Waals surface area contributed by atoms with Gasteiger partial charge in [0.2, 0.25) is 0 Å². The minimum absolute atomic E-state index is 0.567. The van der Waals surface area contributed by atoms with E-state index in [1.165, 1.54) is 0 Å². The fourth-order valence-corrected chi connectivity index (χ4v) is 149. The van der Waals surface area contributed by atoms with Crippen molar-refractivity contribution in [3.63, 3.8) is 0 Å². The van der Waals surface area contributed by atoms with Crippen LogP contribution in [0, 0.1) is 0 Å². The third kappa shape index (κ3) is 3.82. The Hall–Kier alpha value is -0.951. The number of fused-ring (bicyclic) bond motifs is 4. The highest BCUT2D eigenvalue weighted by Gasteiger charge is 2.89. The molecule has 10 rings (SSSR count). The van der Waals surface area contributed by atoms with Gasteiger partial charge >= 0.3 is 0 Å². The van der Waals surface area contributed by atoms with Crippen molar-refractivity contribution in [3.05, 3.63) is 97.1 Å². The van der Waals surface area contributed by atoms with Gasteiger partial charge in [0.15, 0.2) is 0 Å². The van der Waals surface area contributed by atoms with E-state index < -0.39 is 81.2 Å². The lowest BCUT2D eigenvalue weighted by atomic mass is 10.4. The second-order valence-electron chi connectivity index (χ2n) is 24.6. The predicted molar refractivity (Wildman–Crippen MR) is 283 cm³/mol. The van der Waals surface area contributed by atoms with Crippen LogP contribution >= 0.6 is 0 Å². The van der Waals surface area contributed by atoms with Crippen molar-refractivity contribution in [1.82, 2.24) is 0 Å². The quantitative estimate of drug-likeness (QED) is 0.170. The van der Waals surface area contributed by atoms with Gasteiger partial charge in [-0.25, -0.2) is 0 Å². The monoisotopic (exact) mass is 928 g/mol. The van der Waals surface area contributed by atoms with Crippen molar-refractivity contribution in [2.24, 2.45) is 0 Å². The smallest absolute Gasteiger partial charge is 0.0654 e. The molecular formula is C48H72Si10. The molecule has 58 heavy (non-hydrogen) atoms. The Balaban J connectivity index is 1.44. The summed E-state index contributed by atoms with van der Waals surface area (Å²) in [6.45, 7) is 48.3. The van der Waals surface area contributed by atoms with Gasteiger partial charge in [-0.05, 0) is 17.1 Å². The van der Waals surface area contributed by atoms with Crippen molar-refractivity contribution in [2.75, 3.05) is 0 Å². The van der Waals surface area contributed by atoms with E-state index in [1.807, 2.05) is 41.5 Å². The Morgan fingerprint density at radius 2 is 0.379 bits per heavy atom. The molecule has 4 aromatic rings. The lowest BCUT2D eigenvalue weighted by Crippen LogP contribution is -2.82. The average Bonchev–Trinajstić information content (AvgIpc) is 3.88. The third-order valence-electron chi connectivity index (χ3n) is 21.3. The van der Waals surface area contributed by atoms with E-state index in [0.29, 0.717) is 17.1 Å². The van der Waals surface area contributed by atoms with Crippen molar-refractivity contribution in [2.45, 2.75) is 148 Å². The van der Waals surface area contributed by atoms with Crippen molar-refractivity contribution in [3.8, 4) is 0 Å². The summed E-state index contributed by atoms with van der Waals surface area (Å²) in [7, 11) is -18.1. The van der Waals surface area contributed by atoms with Crippen LogP contribution in [0.25, 0.3) is 0 Å². The molecule has 304 valence electrons. The first-order valence-corrected chi connectivity index (χ1v) is 51.0. The summed E-state index contributed by atoms with van der Waals surface area (Å²) in [5.74, 6) is 0. The maximum atomic E-state index is 3.02. The number of hydrogen-bond donors (Lipinski definition) is 0. The number of benzene rings is 4. The molecule has 4 spiro atoms. The standard InChI is InChI=1S/C48H72Si10/c1-51(2)37-25-17-18-26-38(37)52(3,4)45(51)33-34-46(53(5,6)39-27-19-20-28-40(39)54(46,7)8)49(45)50-47(55(9,10)41-29-21-22-30-42(41)56(47,11)12)35-36-48(50)57(13,14)43-31-23-24-32-44(43)58(48,15)16/h17-32H,33-36H2,1-16H3. The first-order valence-electron chi connectivity index (χ1n) is 23.0. The van der Waals surface area contributed by atoms with Crippen LogP contribution in [0.1, 0.15) is 25.7 Å². The maximum Gasteiger partial charge on any atom is 0.0813 e. The van der Waals surface area contributed by atoms with E-state index in [2.05, 4.69) is 202 Å². The van der Waals surface area contributed by atoms with Gasteiger partial charge in [0.25, 0.3) is 0 Å². The average molecular weight is 930 g/mol. The third-order valence-corrected chi connectivity index (χ3v) is 109. The largest absolute Gasteiger partial charge is 0.0813 e. The normalized spacial score (nSPS) is 28.9. The molecule has 2 fully saturated rings. The van der Waals surface area contributed by atoms with Gasteiger partial charge in [-0.15, -0.1) is 0 Å². The topological polar surface area (TPSA) is 0 Å². The van der Waals surface area contributed by atoms with Crippen LogP contribution in [0.3, 0.4) is 0 Å². The SMILES string of the molecule is C[Si]1(C)c2ccccc2[Si](C)(C)C12CCC1([Si]2[Si]2C3(CCC24[Si](C)(C)c2ccccc2[Si]4(C)C)[Si](C)(C)c2ccccc2[Si]3(C)C)[Si](C)(C)c2ccccc2[Si]1(C)C. The van der Waals surface area contributed by atoms with Gasteiger partial charge < -0.3 is 0 Å². The van der Waals surface area contributed by atoms with Gasteiger partial charge in [0, 0.05) is 16.6 Å². The molecule has 2 saturated heterocycles. The van der Waals surface area contributed by atoms with E-state index in [9.17, 15) is 0 Å². The Kier molecular flexibility index (Phi) is 8.21. The van der Waals surface area contributed by atoms with Crippen LogP contribution < -0.4 is 41.5 Å². The van der Waals surface area contributed by atoms with Crippen LogP contribution in [0.2, 0.25) is 122 Å². The summed E-state index contributed by atoms with van der Waals surface area (Å²) in [4.78, 5) is 0. The van der Waals surface area contributed by atoms with Gasteiger partial charge in [-0.1, -0.05) is 269 Å². The van der Waals surface area contributed by atoms with E-state index in [4.69, 9.17) is 0 Å². The molecule has 0 amide bonds. The van der Waals surface area contributed by atoms with Crippen LogP contribution in [-0.4, -0.2) is 81.2 Å². The molecule has 0 nitrogen and oxygen atoms in total. The van der Waals surface area contributed by atoms with Crippen molar-refractivity contribution in [1.29, 1.82) is 0 Å². The maximum absolute atomic E-state index is 3.02. The number of hydrogen-bond acceptors (Lipinski definition) is 0. The fraction of sp³-hybridized carbons (Fsp3) is 0.500. The number of rotatable bonds is 1. The summed E-state index contributed by atoms with van der Waals surface area (Å²) >= 11 is 0. The van der Waals surface area contributed by atoms with E-state index >= 15 is 0 Å².